The molecule has 2 aromatic heterocycles. The van der Waals surface area contributed by atoms with Gasteiger partial charge in [0.2, 0.25) is 0 Å². The fourth-order valence-corrected chi connectivity index (χ4v) is 4.25. The third-order valence-electron chi connectivity index (χ3n) is 3.62. The lowest BCUT2D eigenvalue weighted by molar-refractivity contribution is 0.560. The minimum atomic E-state index is 0.414. The second kappa shape index (κ2) is 5.55. The number of rotatable bonds is 6. The Morgan fingerprint density at radius 1 is 1.22 bits per heavy atom. The summed E-state index contributed by atoms with van der Waals surface area (Å²) < 4.78 is 0. The highest BCUT2D eigenvalue weighted by Crippen LogP contribution is 2.39. The summed E-state index contributed by atoms with van der Waals surface area (Å²) in [5.41, 5.74) is 0. The first-order chi connectivity index (χ1) is 8.88. The van der Waals surface area contributed by atoms with E-state index in [-0.39, 0.29) is 0 Å². The predicted molar refractivity (Wildman–Crippen MR) is 80.4 cm³/mol. The van der Waals surface area contributed by atoms with E-state index in [4.69, 9.17) is 0 Å². The summed E-state index contributed by atoms with van der Waals surface area (Å²) in [6.07, 6.45) is 4.05. The Balaban J connectivity index is 1.72. The van der Waals surface area contributed by atoms with E-state index in [0.29, 0.717) is 6.04 Å². The molecule has 2 unspecified atom stereocenters. The van der Waals surface area contributed by atoms with Gasteiger partial charge in [-0.15, -0.1) is 22.7 Å². The highest BCUT2D eigenvalue weighted by Gasteiger charge is 2.38. The Morgan fingerprint density at radius 3 is 2.39 bits per heavy atom. The quantitative estimate of drug-likeness (QED) is 0.808. The Hall–Kier alpha value is -0.640. The van der Waals surface area contributed by atoms with E-state index in [1.807, 2.05) is 22.7 Å². The van der Waals surface area contributed by atoms with Crippen molar-refractivity contribution >= 4 is 22.7 Å². The van der Waals surface area contributed by atoms with Gasteiger partial charge in [0.15, 0.2) is 0 Å². The molecule has 18 heavy (non-hydrogen) atoms. The van der Waals surface area contributed by atoms with Crippen molar-refractivity contribution in [2.75, 3.05) is 0 Å². The minimum Gasteiger partial charge on any atom is -0.302 e. The maximum Gasteiger partial charge on any atom is 0.0767 e. The molecule has 0 bridgehead atoms. The molecule has 0 aliphatic heterocycles. The van der Waals surface area contributed by atoms with Crippen LogP contribution < -0.4 is 5.32 Å². The van der Waals surface area contributed by atoms with Crippen molar-refractivity contribution in [3.05, 3.63) is 44.8 Å². The highest BCUT2D eigenvalue weighted by atomic mass is 32.1. The smallest absolute Gasteiger partial charge is 0.0767 e. The molecule has 2 aromatic rings. The number of hydrogen-bond donors (Lipinski definition) is 1. The van der Waals surface area contributed by atoms with Crippen LogP contribution in [0.3, 0.4) is 0 Å². The summed E-state index contributed by atoms with van der Waals surface area (Å²) in [4.78, 5) is 2.89. The topological polar surface area (TPSA) is 12.0 Å². The van der Waals surface area contributed by atoms with Gasteiger partial charge in [0.25, 0.3) is 0 Å². The van der Waals surface area contributed by atoms with Gasteiger partial charge < -0.3 is 5.32 Å². The lowest BCUT2D eigenvalue weighted by atomic mass is 10.2. The lowest BCUT2D eigenvalue weighted by Gasteiger charge is -2.16. The van der Waals surface area contributed by atoms with Crippen LogP contribution in [0.4, 0.5) is 0 Å². The van der Waals surface area contributed by atoms with Gasteiger partial charge in [-0.2, -0.15) is 0 Å². The third-order valence-corrected chi connectivity index (χ3v) is 5.49. The highest BCUT2D eigenvalue weighted by molar-refractivity contribution is 7.11. The van der Waals surface area contributed by atoms with Crippen molar-refractivity contribution in [2.45, 2.75) is 38.3 Å². The summed E-state index contributed by atoms with van der Waals surface area (Å²) in [7, 11) is 0. The Labute approximate surface area is 117 Å². The van der Waals surface area contributed by atoms with Crippen LogP contribution in [0.15, 0.2) is 35.0 Å². The SMILES string of the molecule is CCCC1CC1NC(c1cccs1)c1cccs1. The molecule has 1 saturated carbocycles. The fourth-order valence-electron chi connectivity index (χ4n) is 2.57. The minimum absolute atomic E-state index is 0.414. The Kier molecular flexibility index (Phi) is 3.83. The van der Waals surface area contributed by atoms with Crippen LogP contribution in [0.5, 0.6) is 0 Å². The predicted octanol–water partition coefficient (Wildman–Crippen LogP) is 4.68. The maximum absolute atomic E-state index is 3.85. The first kappa shape index (κ1) is 12.4. The number of hydrogen-bond acceptors (Lipinski definition) is 3. The molecule has 3 heteroatoms. The van der Waals surface area contributed by atoms with Gasteiger partial charge in [-0.3, -0.25) is 0 Å². The summed E-state index contributed by atoms with van der Waals surface area (Å²) in [6.45, 7) is 2.28. The Bertz CT molecular complexity index is 426. The lowest BCUT2D eigenvalue weighted by Crippen LogP contribution is -2.24. The van der Waals surface area contributed by atoms with Gasteiger partial charge in [0.05, 0.1) is 6.04 Å². The second-order valence-corrected chi connectivity index (χ2v) is 6.98. The molecule has 0 aromatic carbocycles. The summed E-state index contributed by atoms with van der Waals surface area (Å²) in [5.74, 6) is 0.914. The summed E-state index contributed by atoms with van der Waals surface area (Å²) >= 11 is 3.72. The van der Waals surface area contributed by atoms with Gasteiger partial charge in [-0.25, -0.2) is 0 Å². The molecule has 1 fully saturated rings. The van der Waals surface area contributed by atoms with Gasteiger partial charge in [-0.05, 0) is 41.7 Å². The zero-order valence-electron chi connectivity index (χ0n) is 10.6. The molecule has 0 radical (unpaired) electrons. The number of thiophene rings is 2. The molecule has 1 aliphatic carbocycles. The van der Waals surface area contributed by atoms with E-state index in [2.05, 4.69) is 47.3 Å². The van der Waals surface area contributed by atoms with Crippen LogP contribution in [0.25, 0.3) is 0 Å². The van der Waals surface area contributed by atoms with Crippen LogP contribution >= 0.6 is 22.7 Å². The molecule has 0 spiro atoms. The molecule has 1 N–H and O–H groups in total. The molecule has 1 aliphatic rings. The standard InChI is InChI=1S/C15H19NS2/c1-2-5-11-10-12(11)16-15(13-6-3-8-17-13)14-7-4-9-18-14/h3-4,6-9,11-12,15-16H,2,5,10H2,1H3. The first-order valence-corrected chi connectivity index (χ1v) is 8.47. The van der Waals surface area contributed by atoms with E-state index >= 15 is 0 Å². The van der Waals surface area contributed by atoms with Crippen LogP contribution in [-0.2, 0) is 0 Å². The monoisotopic (exact) mass is 277 g/mol. The van der Waals surface area contributed by atoms with E-state index in [1.165, 1.54) is 29.0 Å². The van der Waals surface area contributed by atoms with Crippen molar-refractivity contribution in [3.8, 4) is 0 Å². The zero-order valence-corrected chi connectivity index (χ0v) is 12.3. The average Bonchev–Trinajstić information content (AvgIpc) is 2.87. The van der Waals surface area contributed by atoms with Gasteiger partial charge >= 0.3 is 0 Å². The van der Waals surface area contributed by atoms with Crippen LogP contribution in [0, 0.1) is 5.92 Å². The molecule has 1 nitrogen and oxygen atoms in total. The molecule has 0 amide bonds. The molecule has 3 rings (SSSR count). The maximum atomic E-state index is 3.85. The van der Waals surface area contributed by atoms with Crippen molar-refractivity contribution in [1.82, 2.24) is 5.32 Å². The molecular weight excluding hydrogens is 258 g/mol. The third kappa shape index (κ3) is 2.68. The van der Waals surface area contributed by atoms with Crippen molar-refractivity contribution in [3.63, 3.8) is 0 Å². The first-order valence-electron chi connectivity index (χ1n) is 6.71. The van der Waals surface area contributed by atoms with Crippen LogP contribution in [0.2, 0.25) is 0 Å². The van der Waals surface area contributed by atoms with Gasteiger partial charge in [0, 0.05) is 15.8 Å². The molecular formula is C15H19NS2. The molecule has 0 saturated heterocycles. The fraction of sp³-hybridized carbons (Fsp3) is 0.467. The number of nitrogens with one attached hydrogen (secondary N) is 1. The second-order valence-electron chi connectivity index (χ2n) is 5.02. The van der Waals surface area contributed by atoms with E-state index in [0.717, 1.165) is 12.0 Å². The van der Waals surface area contributed by atoms with Gasteiger partial charge in [-0.1, -0.05) is 25.5 Å². The van der Waals surface area contributed by atoms with Crippen molar-refractivity contribution in [1.29, 1.82) is 0 Å². The van der Waals surface area contributed by atoms with E-state index < -0.39 is 0 Å². The van der Waals surface area contributed by atoms with E-state index in [1.54, 1.807) is 0 Å². The van der Waals surface area contributed by atoms with E-state index in [9.17, 15) is 0 Å². The Morgan fingerprint density at radius 2 is 1.89 bits per heavy atom. The molecule has 96 valence electrons. The molecule has 2 heterocycles. The average molecular weight is 277 g/mol. The normalized spacial score (nSPS) is 22.6. The zero-order chi connectivity index (χ0) is 12.4. The van der Waals surface area contributed by atoms with Crippen LogP contribution in [-0.4, -0.2) is 6.04 Å². The molecule has 2 atom stereocenters. The van der Waals surface area contributed by atoms with Crippen molar-refractivity contribution < 1.29 is 0 Å². The largest absolute Gasteiger partial charge is 0.302 e. The van der Waals surface area contributed by atoms with Crippen molar-refractivity contribution in [2.24, 2.45) is 5.92 Å². The summed E-state index contributed by atoms with van der Waals surface area (Å²) in [5, 5.41) is 8.20. The van der Waals surface area contributed by atoms with Gasteiger partial charge in [0.1, 0.15) is 0 Å². The summed E-state index contributed by atoms with van der Waals surface area (Å²) in [6, 6.07) is 9.95. The van der Waals surface area contributed by atoms with Crippen LogP contribution in [0.1, 0.15) is 42.0 Å².